The van der Waals surface area contributed by atoms with E-state index in [-0.39, 0.29) is 0 Å². The summed E-state index contributed by atoms with van der Waals surface area (Å²) in [5, 5.41) is 24.2. The lowest BCUT2D eigenvalue weighted by atomic mass is 10.0. The van der Waals surface area contributed by atoms with E-state index < -0.39 is 24.0 Å². The quantitative estimate of drug-likeness (QED) is 0.811. The van der Waals surface area contributed by atoms with Crippen LogP contribution < -0.4 is 10.6 Å². The number of hydrogen-bond donors (Lipinski definition) is 3. The van der Waals surface area contributed by atoms with Crippen LogP contribution in [0.25, 0.3) is 0 Å². The Labute approximate surface area is 133 Å². The summed E-state index contributed by atoms with van der Waals surface area (Å²) in [5.74, 6) is -0.392. The van der Waals surface area contributed by atoms with E-state index in [4.69, 9.17) is 5.26 Å². The molecule has 0 spiro atoms. The molecule has 118 valence electrons. The highest BCUT2D eigenvalue weighted by Crippen LogP contribution is 2.17. The van der Waals surface area contributed by atoms with Gasteiger partial charge in [-0.25, -0.2) is 9.18 Å². The molecule has 0 aliphatic carbocycles. The van der Waals surface area contributed by atoms with Gasteiger partial charge in [-0.1, -0.05) is 18.2 Å². The zero-order valence-electron chi connectivity index (χ0n) is 12.5. The Morgan fingerprint density at radius 2 is 1.96 bits per heavy atom. The molecule has 2 aromatic carbocycles. The molecule has 0 radical (unpaired) electrons. The third-order valence-electron chi connectivity index (χ3n) is 3.29. The Bertz CT molecular complexity index is 725. The van der Waals surface area contributed by atoms with Crippen LogP contribution in [0.1, 0.15) is 24.2 Å². The monoisotopic (exact) mass is 313 g/mol. The minimum atomic E-state index is -0.966. The number of aliphatic hydroxyl groups excluding tert-OH is 1. The van der Waals surface area contributed by atoms with Crippen molar-refractivity contribution < 1.29 is 14.3 Å². The van der Waals surface area contributed by atoms with Crippen LogP contribution in [-0.2, 0) is 0 Å². The number of hydrogen-bond acceptors (Lipinski definition) is 3. The van der Waals surface area contributed by atoms with Crippen molar-refractivity contribution in [3.63, 3.8) is 0 Å². The Morgan fingerprint density at radius 3 is 2.61 bits per heavy atom. The van der Waals surface area contributed by atoms with Gasteiger partial charge >= 0.3 is 6.03 Å². The summed E-state index contributed by atoms with van der Waals surface area (Å²) < 4.78 is 12.9. The highest BCUT2D eigenvalue weighted by atomic mass is 19.1. The van der Waals surface area contributed by atoms with Gasteiger partial charge in [0.15, 0.2) is 0 Å². The summed E-state index contributed by atoms with van der Waals surface area (Å²) in [5.41, 5.74) is 1.41. The maximum absolute atomic E-state index is 12.9. The minimum absolute atomic E-state index is 0.392. The summed E-state index contributed by atoms with van der Waals surface area (Å²) in [7, 11) is 0. The van der Waals surface area contributed by atoms with Crippen LogP contribution in [0.2, 0.25) is 0 Å². The number of rotatable bonds is 4. The maximum Gasteiger partial charge on any atom is 0.319 e. The van der Waals surface area contributed by atoms with Crippen molar-refractivity contribution in [1.82, 2.24) is 5.32 Å². The smallest absolute Gasteiger partial charge is 0.319 e. The van der Waals surface area contributed by atoms with Crippen LogP contribution in [0, 0.1) is 17.1 Å². The zero-order chi connectivity index (χ0) is 16.8. The van der Waals surface area contributed by atoms with Crippen LogP contribution in [0.4, 0.5) is 14.9 Å². The Hall–Kier alpha value is -2.91. The van der Waals surface area contributed by atoms with Crippen LogP contribution in [0.5, 0.6) is 0 Å². The Kier molecular flexibility index (Phi) is 5.28. The predicted molar refractivity (Wildman–Crippen MR) is 84.1 cm³/mol. The zero-order valence-corrected chi connectivity index (χ0v) is 12.5. The van der Waals surface area contributed by atoms with E-state index in [0.717, 1.165) is 0 Å². The average Bonchev–Trinajstić information content (AvgIpc) is 2.54. The highest BCUT2D eigenvalue weighted by molar-refractivity contribution is 5.89. The number of amides is 2. The maximum atomic E-state index is 12.9. The number of nitriles is 1. The van der Waals surface area contributed by atoms with Crippen LogP contribution in [0.3, 0.4) is 0 Å². The van der Waals surface area contributed by atoms with E-state index in [0.29, 0.717) is 16.8 Å². The van der Waals surface area contributed by atoms with E-state index in [1.165, 1.54) is 24.3 Å². The molecule has 23 heavy (non-hydrogen) atoms. The molecule has 0 aromatic heterocycles. The number of carbonyl (C=O) groups is 1. The molecule has 0 fully saturated rings. The van der Waals surface area contributed by atoms with Gasteiger partial charge in [-0.2, -0.15) is 5.26 Å². The number of halogens is 1. The summed E-state index contributed by atoms with van der Waals surface area (Å²) in [6, 6.07) is 12.8. The first-order chi connectivity index (χ1) is 11.0. The number of benzene rings is 2. The van der Waals surface area contributed by atoms with Gasteiger partial charge in [0.25, 0.3) is 0 Å². The fourth-order valence-corrected chi connectivity index (χ4v) is 2.07. The van der Waals surface area contributed by atoms with E-state index in [1.807, 2.05) is 6.07 Å². The number of anilines is 1. The second-order valence-corrected chi connectivity index (χ2v) is 5.08. The standard InChI is InChI=1S/C17H16FN3O2/c1-11(16(22)13-5-7-14(18)8-6-13)20-17(23)21-15-4-2-3-12(9-15)10-19/h2-9,11,16,22H,1H3,(H2,20,21,23). The molecular formula is C17H16FN3O2. The van der Waals surface area contributed by atoms with Gasteiger partial charge in [0.1, 0.15) is 5.82 Å². The van der Waals surface area contributed by atoms with Crippen LogP contribution in [0.15, 0.2) is 48.5 Å². The molecule has 0 saturated heterocycles. The van der Waals surface area contributed by atoms with Crippen molar-refractivity contribution in [2.75, 3.05) is 5.32 Å². The molecule has 0 aliphatic rings. The molecule has 6 heteroatoms. The number of nitrogens with one attached hydrogen (secondary N) is 2. The van der Waals surface area contributed by atoms with Crippen molar-refractivity contribution in [3.05, 3.63) is 65.5 Å². The van der Waals surface area contributed by atoms with Gasteiger partial charge in [0.05, 0.1) is 23.8 Å². The van der Waals surface area contributed by atoms with Crippen molar-refractivity contribution in [3.8, 4) is 6.07 Å². The minimum Gasteiger partial charge on any atom is -0.386 e. The third kappa shape index (κ3) is 4.53. The lowest BCUT2D eigenvalue weighted by molar-refractivity contribution is 0.139. The van der Waals surface area contributed by atoms with Crippen molar-refractivity contribution in [2.24, 2.45) is 0 Å². The molecule has 0 saturated carbocycles. The van der Waals surface area contributed by atoms with Crippen molar-refractivity contribution >= 4 is 11.7 Å². The molecule has 0 bridgehead atoms. The average molecular weight is 313 g/mol. The molecule has 2 atom stereocenters. The van der Waals surface area contributed by atoms with E-state index in [2.05, 4.69) is 10.6 Å². The SMILES string of the molecule is CC(NC(=O)Nc1cccc(C#N)c1)C(O)c1ccc(F)cc1. The summed E-state index contributed by atoms with van der Waals surface area (Å²) >= 11 is 0. The van der Waals surface area contributed by atoms with E-state index >= 15 is 0 Å². The predicted octanol–water partition coefficient (Wildman–Crippen LogP) is 2.94. The van der Waals surface area contributed by atoms with Gasteiger partial charge in [-0.05, 0) is 42.8 Å². The fraction of sp³-hybridized carbons (Fsp3) is 0.176. The fourth-order valence-electron chi connectivity index (χ4n) is 2.07. The summed E-state index contributed by atoms with van der Waals surface area (Å²) in [4.78, 5) is 11.9. The molecule has 2 rings (SSSR count). The number of aliphatic hydroxyl groups is 1. The lowest BCUT2D eigenvalue weighted by Gasteiger charge is -2.21. The van der Waals surface area contributed by atoms with Gasteiger partial charge in [0, 0.05) is 5.69 Å². The first-order valence-corrected chi connectivity index (χ1v) is 7.01. The van der Waals surface area contributed by atoms with E-state index in [1.54, 1.807) is 31.2 Å². The van der Waals surface area contributed by atoms with Crippen molar-refractivity contribution in [2.45, 2.75) is 19.1 Å². The number of nitrogens with zero attached hydrogens (tertiary/aromatic N) is 1. The summed E-state index contributed by atoms with van der Waals surface area (Å²) in [6.07, 6.45) is -0.966. The van der Waals surface area contributed by atoms with Gasteiger partial charge in [0.2, 0.25) is 0 Å². The molecule has 3 N–H and O–H groups in total. The van der Waals surface area contributed by atoms with Crippen molar-refractivity contribution in [1.29, 1.82) is 5.26 Å². The molecule has 2 amide bonds. The van der Waals surface area contributed by atoms with Gasteiger partial charge < -0.3 is 15.7 Å². The molecule has 2 unspecified atom stereocenters. The second-order valence-electron chi connectivity index (χ2n) is 5.08. The molecule has 0 aliphatic heterocycles. The topological polar surface area (TPSA) is 85.2 Å². The van der Waals surface area contributed by atoms with Crippen LogP contribution >= 0.6 is 0 Å². The number of urea groups is 1. The third-order valence-corrected chi connectivity index (χ3v) is 3.29. The molecule has 2 aromatic rings. The Morgan fingerprint density at radius 1 is 1.26 bits per heavy atom. The van der Waals surface area contributed by atoms with E-state index in [9.17, 15) is 14.3 Å². The molecule has 5 nitrogen and oxygen atoms in total. The highest BCUT2D eigenvalue weighted by Gasteiger charge is 2.18. The van der Waals surface area contributed by atoms with Gasteiger partial charge in [-0.3, -0.25) is 0 Å². The Balaban J connectivity index is 1.96. The summed E-state index contributed by atoms with van der Waals surface area (Å²) in [6.45, 7) is 1.64. The first-order valence-electron chi connectivity index (χ1n) is 7.01. The normalized spacial score (nSPS) is 12.8. The molecule has 0 heterocycles. The largest absolute Gasteiger partial charge is 0.386 e. The number of carbonyl (C=O) groups excluding carboxylic acids is 1. The second kappa shape index (κ2) is 7.38. The first kappa shape index (κ1) is 16.5. The van der Waals surface area contributed by atoms with Gasteiger partial charge in [-0.15, -0.1) is 0 Å². The van der Waals surface area contributed by atoms with Crippen LogP contribution in [-0.4, -0.2) is 17.2 Å². The lowest BCUT2D eigenvalue weighted by Crippen LogP contribution is -2.39. The molecular weight excluding hydrogens is 297 g/mol.